The van der Waals surface area contributed by atoms with Gasteiger partial charge in [-0.3, -0.25) is 15.6 Å². The Labute approximate surface area is 208 Å². The smallest absolute Gasteiger partial charge is 0.341 e. The van der Waals surface area contributed by atoms with Gasteiger partial charge in [0.05, 0.1) is 17.0 Å². The summed E-state index contributed by atoms with van der Waals surface area (Å²) >= 11 is 8.57. The normalized spacial score (nSPS) is 15.8. The quantitative estimate of drug-likeness (QED) is 0.219. The number of ether oxygens (including phenoxy) is 1. The first kappa shape index (κ1) is 24.2. The number of amides is 1. The summed E-state index contributed by atoms with van der Waals surface area (Å²) in [6.45, 7) is 2.14. The summed E-state index contributed by atoms with van der Waals surface area (Å²) in [5.41, 5.74) is 8.50. The van der Waals surface area contributed by atoms with E-state index in [2.05, 4.69) is 16.2 Å². The van der Waals surface area contributed by atoms with Crippen LogP contribution in [0.15, 0.2) is 6.07 Å². The van der Waals surface area contributed by atoms with Crippen molar-refractivity contribution < 1.29 is 14.3 Å². The topological polar surface area (TPSA) is 79.5 Å². The van der Waals surface area contributed by atoms with E-state index in [-0.39, 0.29) is 17.0 Å². The van der Waals surface area contributed by atoms with Crippen molar-refractivity contribution in [1.29, 1.82) is 0 Å². The van der Waals surface area contributed by atoms with Gasteiger partial charge in [-0.15, -0.1) is 22.7 Å². The van der Waals surface area contributed by atoms with Gasteiger partial charge in [-0.2, -0.15) is 0 Å². The Bertz CT molecular complexity index is 1000. The number of hydrazine groups is 1. The van der Waals surface area contributed by atoms with Gasteiger partial charge in [0, 0.05) is 9.75 Å². The van der Waals surface area contributed by atoms with E-state index in [1.165, 1.54) is 47.4 Å². The number of thiocarbonyl (C=S) groups is 1. The number of fused-ring (bicyclic) bond motifs is 2. The van der Waals surface area contributed by atoms with Crippen molar-refractivity contribution in [2.75, 3.05) is 11.9 Å². The minimum Gasteiger partial charge on any atom is -0.462 e. The highest BCUT2D eigenvalue weighted by atomic mass is 32.1. The Morgan fingerprint density at radius 3 is 2.42 bits per heavy atom. The second-order valence-electron chi connectivity index (χ2n) is 8.50. The third-order valence-electron chi connectivity index (χ3n) is 6.14. The first-order valence-corrected chi connectivity index (χ1v) is 13.9. The molecular formula is C24H31N3O3S3. The Morgan fingerprint density at radius 1 is 0.939 bits per heavy atom. The predicted molar refractivity (Wildman–Crippen MR) is 139 cm³/mol. The van der Waals surface area contributed by atoms with Crippen LogP contribution < -0.4 is 16.2 Å². The standard InChI is InChI=1S/C24H31N3O3S3/c1-2-30-23(29)20-16-11-7-3-4-8-13-18(16)33-22(20)25-24(31)27-26-21(28)19-14-15-10-6-5-9-12-17(15)32-19/h14H,2-13H2,1H3,(H,26,28)(H2,25,27,31). The number of carbonyl (C=O) groups excluding carboxylic acids is 2. The predicted octanol–water partition coefficient (Wildman–Crippen LogP) is 5.55. The summed E-state index contributed by atoms with van der Waals surface area (Å²) in [4.78, 5) is 28.7. The van der Waals surface area contributed by atoms with Crippen LogP contribution in [0.25, 0.3) is 0 Å². The maximum atomic E-state index is 12.8. The van der Waals surface area contributed by atoms with Crippen LogP contribution in [0.4, 0.5) is 5.00 Å². The fraction of sp³-hybridized carbons (Fsp3) is 0.542. The molecule has 0 fully saturated rings. The number of rotatable bonds is 4. The van der Waals surface area contributed by atoms with E-state index < -0.39 is 0 Å². The summed E-state index contributed by atoms with van der Waals surface area (Å²) in [5, 5.41) is 4.08. The highest BCUT2D eigenvalue weighted by Gasteiger charge is 2.26. The SMILES string of the molecule is CCOC(=O)c1c(NC(=S)NNC(=O)c2cc3c(s2)CCCCC3)sc2c1CCCCCC2. The van der Waals surface area contributed by atoms with Gasteiger partial charge in [0.25, 0.3) is 5.91 Å². The molecule has 2 aromatic rings. The zero-order chi connectivity index (χ0) is 23.2. The van der Waals surface area contributed by atoms with Gasteiger partial charge in [0.1, 0.15) is 5.00 Å². The van der Waals surface area contributed by atoms with Gasteiger partial charge in [-0.25, -0.2) is 4.79 Å². The third-order valence-corrected chi connectivity index (χ3v) is 8.79. The summed E-state index contributed by atoms with van der Waals surface area (Å²) in [5.74, 6) is -0.508. The highest BCUT2D eigenvalue weighted by Crippen LogP contribution is 2.37. The van der Waals surface area contributed by atoms with Gasteiger partial charge in [0.2, 0.25) is 0 Å². The second-order valence-corrected chi connectivity index (χ2v) is 11.1. The molecule has 2 heterocycles. The Balaban J connectivity index is 1.43. The van der Waals surface area contributed by atoms with Crippen LogP contribution in [0.3, 0.4) is 0 Å². The number of thiophene rings is 2. The largest absolute Gasteiger partial charge is 0.462 e. The molecule has 0 atom stereocenters. The van der Waals surface area contributed by atoms with E-state index in [1.54, 1.807) is 22.7 Å². The molecule has 2 aromatic heterocycles. The monoisotopic (exact) mass is 505 g/mol. The average molecular weight is 506 g/mol. The van der Waals surface area contributed by atoms with E-state index >= 15 is 0 Å². The molecule has 6 nitrogen and oxygen atoms in total. The molecule has 0 unspecified atom stereocenters. The van der Waals surface area contributed by atoms with Crippen molar-refractivity contribution in [2.24, 2.45) is 0 Å². The number of nitrogens with one attached hydrogen (secondary N) is 3. The van der Waals surface area contributed by atoms with Crippen LogP contribution in [0.1, 0.15) is 92.8 Å². The van der Waals surface area contributed by atoms with Gasteiger partial charge >= 0.3 is 5.97 Å². The summed E-state index contributed by atoms with van der Waals surface area (Å²) in [7, 11) is 0. The molecule has 0 saturated carbocycles. The summed E-state index contributed by atoms with van der Waals surface area (Å²) in [6.07, 6.45) is 12.2. The molecule has 2 aliphatic rings. The molecule has 0 spiro atoms. The van der Waals surface area contributed by atoms with Crippen molar-refractivity contribution >= 4 is 56.9 Å². The minimum atomic E-state index is -0.315. The Kier molecular flexibility index (Phi) is 8.38. The number of carbonyl (C=O) groups is 2. The lowest BCUT2D eigenvalue weighted by Crippen LogP contribution is -2.43. The molecule has 33 heavy (non-hydrogen) atoms. The van der Waals surface area contributed by atoms with Gasteiger partial charge in [-0.05, 0) is 87.7 Å². The molecule has 0 bridgehead atoms. The molecule has 2 aliphatic carbocycles. The third kappa shape index (κ3) is 5.94. The molecule has 0 aromatic carbocycles. The molecule has 9 heteroatoms. The van der Waals surface area contributed by atoms with Crippen molar-refractivity contribution in [3.05, 3.63) is 37.4 Å². The number of anilines is 1. The molecule has 3 N–H and O–H groups in total. The van der Waals surface area contributed by atoms with Gasteiger partial charge < -0.3 is 10.1 Å². The molecule has 1 amide bonds. The molecule has 0 saturated heterocycles. The van der Waals surface area contributed by atoms with E-state index in [0.29, 0.717) is 22.0 Å². The molecule has 4 rings (SSSR count). The van der Waals surface area contributed by atoms with Crippen molar-refractivity contribution in [1.82, 2.24) is 10.9 Å². The number of aryl methyl sites for hydroxylation is 3. The summed E-state index contributed by atoms with van der Waals surface area (Å²) < 4.78 is 5.35. The highest BCUT2D eigenvalue weighted by molar-refractivity contribution is 7.80. The molecule has 178 valence electrons. The lowest BCUT2D eigenvalue weighted by molar-refractivity contribution is 0.0526. The summed E-state index contributed by atoms with van der Waals surface area (Å²) in [6, 6.07) is 2.01. The fourth-order valence-corrected chi connectivity index (χ4v) is 7.16. The number of esters is 1. The minimum absolute atomic E-state index is 0.193. The molecular weight excluding hydrogens is 474 g/mol. The van der Waals surface area contributed by atoms with Crippen molar-refractivity contribution in [3.63, 3.8) is 0 Å². The van der Waals surface area contributed by atoms with Crippen LogP contribution in [-0.2, 0) is 30.4 Å². The first-order valence-electron chi connectivity index (χ1n) is 11.9. The molecule has 0 radical (unpaired) electrons. The second kappa shape index (κ2) is 11.4. The maximum absolute atomic E-state index is 12.8. The Hall–Kier alpha value is -1.97. The van der Waals surface area contributed by atoms with Crippen LogP contribution in [-0.4, -0.2) is 23.6 Å². The number of hydrogen-bond acceptors (Lipinski definition) is 6. The van der Waals surface area contributed by atoms with Crippen molar-refractivity contribution in [3.8, 4) is 0 Å². The van der Waals surface area contributed by atoms with E-state index in [9.17, 15) is 9.59 Å². The van der Waals surface area contributed by atoms with Crippen LogP contribution in [0.2, 0.25) is 0 Å². The van der Waals surface area contributed by atoms with Crippen molar-refractivity contribution in [2.45, 2.75) is 77.6 Å². The van der Waals surface area contributed by atoms with Crippen LogP contribution in [0, 0.1) is 0 Å². The average Bonchev–Trinajstić information content (AvgIpc) is 3.25. The Morgan fingerprint density at radius 2 is 1.64 bits per heavy atom. The van der Waals surface area contributed by atoms with Gasteiger partial charge in [-0.1, -0.05) is 19.3 Å². The number of hydrogen-bond donors (Lipinski definition) is 3. The van der Waals surface area contributed by atoms with Crippen LogP contribution >= 0.6 is 34.9 Å². The van der Waals surface area contributed by atoms with E-state index in [1.807, 2.05) is 13.0 Å². The van der Waals surface area contributed by atoms with Gasteiger partial charge in [0.15, 0.2) is 5.11 Å². The van der Waals surface area contributed by atoms with E-state index in [4.69, 9.17) is 17.0 Å². The lowest BCUT2D eigenvalue weighted by Gasteiger charge is -2.13. The fourth-order valence-electron chi connectivity index (χ4n) is 4.52. The van der Waals surface area contributed by atoms with Crippen LogP contribution in [0.5, 0.6) is 0 Å². The first-order chi connectivity index (χ1) is 16.1. The van der Waals surface area contributed by atoms with E-state index in [0.717, 1.165) is 44.1 Å². The molecule has 0 aliphatic heterocycles. The zero-order valence-corrected chi connectivity index (χ0v) is 21.5. The lowest BCUT2D eigenvalue weighted by atomic mass is 9.96. The maximum Gasteiger partial charge on any atom is 0.341 e. The zero-order valence-electron chi connectivity index (χ0n) is 19.0.